The smallest absolute Gasteiger partial charge is 0.361 e. The molecule has 0 spiro atoms. The predicted octanol–water partition coefficient (Wildman–Crippen LogP) is 2.86. The summed E-state index contributed by atoms with van der Waals surface area (Å²) < 4.78 is 6.16. The first-order chi connectivity index (χ1) is 11.4. The minimum atomic E-state index is -0.771. The molecule has 1 aromatic carbocycles. The molecule has 0 fully saturated rings. The number of carbonyl (C=O) groups excluding carboxylic acids is 2. The summed E-state index contributed by atoms with van der Waals surface area (Å²) in [5.74, 6) is -0.857. The fourth-order valence-corrected chi connectivity index (χ4v) is 2.35. The van der Waals surface area contributed by atoms with Gasteiger partial charge in [-0.2, -0.15) is 9.78 Å². The quantitative estimate of drug-likeness (QED) is 0.770. The average molecular weight is 346 g/mol. The Morgan fingerprint density at radius 3 is 2.54 bits per heavy atom. The topological polar surface area (TPSA) is 94.2 Å². The van der Waals surface area contributed by atoms with Gasteiger partial charge in [-0.3, -0.25) is 9.59 Å². The lowest BCUT2D eigenvalue weighted by Gasteiger charge is -2.04. The Morgan fingerprint density at radius 1 is 1.25 bits per heavy atom. The molecule has 3 rings (SSSR count). The molecule has 122 valence electrons. The highest BCUT2D eigenvalue weighted by atomic mass is 35.5. The average Bonchev–Trinajstić information content (AvgIpc) is 2.85. The molecule has 0 aliphatic carbocycles. The minimum absolute atomic E-state index is 0.0337. The molecule has 0 unspecified atom stereocenters. The molecule has 0 atom stereocenters. The second-order valence-electron chi connectivity index (χ2n) is 5.14. The highest BCUT2D eigenvalue weighted by Crippen LogP contribution is 2.20. The lowest BCUT2D eigenvalue weighted by molar-refractivity contribution is 0.0921. The number of fused-ring (bicyclic) bond motifs is 1. The molecular formula is C16H12ClN3O4. The maximum atomic E-state index is 12.2. The van der Waals surface area contributed by atoms with Crippen molar-refractivity contribution in [2.75, 3.05) is 5.32 Å². The molecule has 0 saturated heterocycles. The van der Waals surface area contributed by atoms with Gasteiger partial charge in [-0.15, -0.1) is 0 Å². The third-order valence-electron chi connectivity index (χ3n) is 3.41. The van der Waals surface area contributed by atoms with Gasteiger partial charge in [-0.25, -0.2) is 4.79 Å². The van der Waals surface area contributed by atoms with E-state index in [0.29, 0.717) is 21.7 Å². The van der Waals surface area contributed by atoms with E-state index in [-0.39, 0.29) is 17.3 Å². The Bertz CT molecular complexity index is 1020. The van der Waals surface area contributed by atoms with E-state index in [0.717, 1.165) is 4.68 Å². The van der Waals surface area contributed by atoms with Crippen LogP contribution in [0.4, 0.5) is 5.69 Å². The van der Waals surface area contributed by atoms with Crippen LogP contribution in [0, 0.1) is 6.92 Å². The molecular weight excluding hydrogens is 334 g/mol. The Balaban J connectivity index is 2.01. The van der Waals surface area contributed by atoms with Crippen LogP contribution in [0.15, 0.2) is 39.5 Å². The number of anilines is 1. The van der Waals surface area contributed by atoms with E-state index in [1.54, 1.807) is 19.1 Å². The van der Waals surface area contributed by atoms with Crippen LogP contribution in [-0.2, 0) is 0 Å². The molecule has 0 radical (unpaired) electrons. The highest BCUT2D eigenvalue weighted by molar-refractivity contribution is 6.30. The van der Waals surface area contributed by atoms with Gasteiger partial charge >= 0.3 is 5.63 Å². The first-order valence-corrected chi connectivity index (χ1v) is 7.36. The molecule has 1 N–H and O–H groups in total. The van der Waals surface area contributed by atoms with Crippen LogP contribution in [0.1, 0.15) is 27.8 Å². The number of nitrogens with one attached hydrogen (secondary N) is 1. The number of hydrogen-bond donors (Lipinski definition) is 1. The fourth-order valence-electron chi connectivity index (χ4n) is 2.22. The summed E-state index contributed by atoms with van der Waals surface area (Å²) in [6, 6.07) is 7.66. The summed E-state index contributed by atoms with van der Waals surface area (Å²) in [5.41, 5.74) is 0.0938. The van der Waals surface area contributed by atoms with Crippen molar-refractivity contribution in [1.82, 2.24) is 9.78 Å². The van der Waals surface area contributed by atoms with Gasteiger partial charge in [-0.1, -0.05) is 11.6 Å². The fraction of sp³-hybridized carbons (Fsp3) is 0.125. The summed E-state index contributed by atoms with van der Waals surface area (Å²) in [6.07, 6.45) is 0. The van der Waals surface area contributed by atoms with Crippen molar-refractivity contribution < 1.29 is 14.0 Å². The number of hydrogen-bond acceptors (Lipinski definition) is 5. The Hall–Kier alpha value is -2.93. The number of aryl methyl sites for hydroxylation is 1. The first-order valence-electron chi connectivity index (χ1n) is 6.98. The monoisotopic (exact) mass is 345 g/mol. The van der Waals surface area contributed by atoms with E-state index >= 15 is 0 Å². The molecule has 0 bridgehead atoms. The van der Waals surface area contributed by atoms with Crippen molar-refractivity contribution in [3.63, 3.8) is 0 Å². The standard InChI is InChI=1S/C16H12ClN3O4/c1-8-12-7-13(16(23)24-15(12)20(19-8)9(2)21)18-14(22)10-3-5-11(17)6-4-10/h3-7H,1-2H3,(H,18,22). The highest BCUT2D eigenvalue weighted by Gasteiger charge is 2.17. The SMILES string of the molecule is CC(=O)n1nc(C)c2cc(NC(=O)c3ccc(Cl)cc3)c(=O)oc21. The largest absolute Gasteiger partial charge is 0.402 e. The second-order valence-corrected chi connectivity index (χ2v) is 5.58. The van der Waals surface area contributed by atoms with Gasteiger partial charge in [-0.05, 0) is 37.3 Å². The van der Waals surface area contributed by atoms with Crippen molar-refractivity contribution in [2.24, 2.45) is 0 Å². The second kappa shape index (κ2) is 5.93. The molecule has 0 saturated carbocycles. The van der Waals surface area contributed by atoms with E-state index in [9.17, 15) is 14.4 Å². The summed E-state index contributed by atoms with van der Waals surface area (Å²) in [5, 5.41) is 7.49. The van der Waals surface area contributed by atoms with E-state index in [1.165, 1.54) is 25.1 Å². The summed E-state index contributed by atoms with van der Waals surface area (Å²) in [4.78, 5) is 35.8. The van der Waals surface area contributed by atoms with E-state index < -0.39 is 11.5 Å². The molecule has 2 aromatic heterocycles. The zero-order valence-corrected chi connectivity index (χ0v) is 13.5. The van der Waals surface area contributed by atoms with Crippen molar-refractivity contribution in [3.8, 4) is 0 Å². The number of aromatic nitrogens is 2. The van der Waals surface area contributed by atoms with Gasteiger partial charge in [0, 0.05) is 17.5 Å². The van der Waals surface area contributed by atoms with Crippen LogP contribution >= 0.6 is 11.6 Å². The molecule has 3 aromatic rings. The number of carbonyl (C=O) groups is 2. The summed E-state index contributed by atoms with van der Waals surface area (Å²) in [6.45, 7) is 2.98. The molecule has 2 heterocycles. The van der Waals surface area contributed by atoms with Gasteiger partial charge in [0.1, 0.15) is 5.69 Å². The predicted molar refractivity (Wildman–Crippen MR) is 88.7 cm³/mol. The van der Waals surface area contributed by atoms with Crippen molar-refractivity contribution in [2.45, 2.75) is 13.8 Å². The maximum absolute atomic E-state index is 12.2. The van der Waals surface area contributed by atoms with E-state index in [2.05, 4.69) is 10.4 Å². The van der Waals surface area contributed by atoms with Gasteiger partial charge in [0.2, 0.25) is 11.6 Å². The Morgan fingerprint density at radius 2 is 1.92 bits per heavy atom. The van der Waals surface area contributed by atoms with Crippen LogP contribution in [-0.4, -0.2) is 21.6 Å². The Kier molecular flexibility index (Phi) is 3.94. The van der Waals surface area contributed by atoms with Crippen LogP contribution in [0.2, 0.25) is 5.02 Å². The van der Waals surface area contributed by atoms with E-state index in [1.807, 2.05) is 0 Å². The van der Waals surface area contributed by atoms with E-state index in [4.69, 9.17) is 16.0 Å². The molecule has 1 amide bonds. The van der Waals surface area contributed by atoms with Crippen LogP contribution < -0.4 is 10.9 Å². The van der Waals surface area contributed by atoms with Gasteiger partial charge < -0.3 is 9.73 Å². The molecule has 8 heteroatoms. The number of amides is 1. The lowest BCUT2D eigenvalue weighted by atomic mass is 10.2. The number of rotatable bonds is 2. The van der Waals surface area contributed by atoms with Crippen LogP contribution in [0.25, 0.3) is 11.1 Å². The zero-order chi connectivity index (χ0) is 17.4. The van der Waals surface area contributed by atoms with Crippen molar-refractivity contribution in [1.29, 1.82) is 0 Å². The first kappa shape index (κ1) is 15.9. The Labute approximate surface area is 140 Å². The third-order valence-corrected chi connectivity index (χ3v) is 3.67. The molecule has 24 heavy (non-hydrogen) atoms. The minimum Gasteiger partial charge on any atom is -0.402 e. The molecule has 7 nitrogen and oxygen atoms in total. The van der Waals surface area contributed by atoms with Gasteiger partial charge in [0.25, 0.3) is 5.91 Å². The van der Waals surface area contributed by atoms with Gasteiger partial charge in [0.05, 0.1) is 11.1 Å². The normalized spacial score (nSPS) is 10.8. The third kappa shape index (κ3) is 2.81. The maximum Gasteiger partial charge on any atom is 0.361 e. The molecule has 0 aliphatic rings. The number of nitrogens with zero attached hydrogens (tertiary/aromatic N) is 2. The number of benzene rings is 1. The lowest BCUT2D eigenvalue weighted by Crippen LogP contribution is -2.18. The van der Waals surface area contributed by atoms with Crippen molar-refractivity contribution >= 4 is 40.2 Å². The number of halogens is 1. The summed E-state index contributed by atoms with van der Waals surface area (Å²) >= 11 is 5.78. The molecule has 0 aliphatic heterocycles. The van der Waals surface area contributed by atoms with Crippen LogP contribution in [0.3, 0.4) is 0 Å². The van der Waals surface area contributed by atoms with Crippen molar-refractivity contribution in [3.05, 3.63) is 57.0 Å². The summed E-state index contributed by atoms with van der Waals surface area (Å²) in [7, 11) is 0. The van der Waals surface area contributed by atoms with Gasteiger partial charge in [0.15, 0.2) is 0 Å². The zero-order valence-electron chi connectivity index (χ0n) is 12.8. The van der Waals surface area contributed by atoms with Crippen LogP contribution in [0.5, 0.6) is 0 Å².